The lowest BCUT2D eigenvalue weighted by atomic mass is 10.1. The lowest BCUT2D eigenvalue weighted by Gasteiger charge is -2.17. The van der Waals surface area contributed by atoms with Gasteiger partial charge in [-0.15, -0.1) is 11.3 Å². The van der Waals surface area contributed by atoms with Gasteiger partial charge in [0.15, 0.2) is 0 Å². The Morgan fingerprint density at radius 2 is 2.22 bits per heavy atom. The zero-order chi connectivity index (χ0) is 19.1. The van der Waals surface area contributed by atoms with E-state index in [9.17, 15) is 4.79 Å². The van der Waals surface area contributed by atoms with Crippen molar-refractivity contribution in [3.63, 3.8) is 0 Å². The second-order valence-electron chi connectivity index (χ2n) is 5.73. The number of aromatic nitrogens is 2. The number of anilines is 1. The Bertz CT molecular complexity index is 886. The molecule has 0 aliphatic carbocycles. The highest BCUT2D eigenvalue weighted by Gasteiger charge is 2.14. The van der Waals surface area contributed by atoms with Gasteiger partial charge >= 0.3 is 6.03 Å². The highest BCUT2D eigenvalue weighted by atomic mass is 32.1. The van der Waals surface area contributed by atoms with E-state index in [1.807, 2.05) is 30.5 Å². The molecule has 0 fully saturated rings. The third-order valence-corrected chi connectivity index (χ3v) is 4.45. The maximum absolute atomic E-state index is 12.3. The molecule has 8 heteroatoms. The van der Waals surface area contributed by atoms with E-state index in [1.54, 1.807) is 37.1 Å². The molecule has 140 valence electrons. The Morgan fingerprint density at radius 3 is 3.00 bits per heavy atom. The largest absolute Gasteiger partial charge is 0.495 e. The Morgan fingerprint density at radius 1 is 1.33 bits per heavy atom. The van der Waals surface area contributed by atoms with Crippen molar-refractivity contribution in [3.05, 3.63) is 64.9 Å². The van der Waals surface area contributed by atoms with Gasteiger partial charge in [-0.25, -0.2) is 9.78 Å². The number of methoxy groups -OCH3 is 1. The van der Waals surface area contributed by atoms with Gasteiger partial charge < -0.3 is 20.1 Å². The average molecular weight is 384 g/mol. The molecule has 2 aromatic heterocycles. The van der Waals surface area contributed by atoms with Crippen molar-refractivity contribution >= 4 is 23.1 Å². The van der Waals surface area contributed by atoms with E-state index in [0.29, 0.717) is 23.8 Å². The molecule has 3 aromatic rings. The molecule has 0 saturated carbocycles. The highest BCUT2D eigenvalue weighted by Crippen LogP contribution is 2.23. The monoisotopic (exact) mass is 384 g/mol. The van der Waals surface area contributed by atoms with Crippen LogP contribution >= 0.6 is 11.3 Å². The van der Waals surface area contributed by atoms with Crippen LogP contribution in [0.1, 0.15) is 24.2 Å². The number of thiazole rings is 1. The number of nitrogens with zero attached hydrogens (tertiary/aromatic N) is 2. The number of hydrogen-bond acceptors (Lipinski definition) is 6. The van der Waals surface area contributed by atoms with Crippen LogP contribution in [0.2, 0.25) is 0 Å². The van der Waals surface area contributed by atoms with E-state index in [2.05, 4.69) is 20.6 Å². The second-order valence-corrected chi connectivity index (χ2v) is 6.45. The molecule has 0 aliphatic heterocycles. The van der Waals surface area contributed by atoms with E-state index >= 15 is 0 Å². The minimum Gasteiger partial charge on any atom is -0.495 e. The van der Waals surface area contributed by atoms with E-state index in [4.69, 9.17) is 9.47 Å². The number of carbonyl (C=O) groups excluding carboxylic acids is 1. The molecule has 0 radical (unpaired) electrons. The number of hydrogen-bond donors (Lipinski definition) is 2. The van der Waals surface area contributed by atoms with E-state index < -0.39 is 0 Å². The standard InChI is InChI=1S/C19H20N4O3S/c1-13(17-6-7-20-9-18(17)25-2)22-19(24)23-14-4-3-5-16(8-14)26-10-15-11-27-12-21-15/h3-9,11-13H,10H2,1-2H3,(H2,22,23,24)/t13-/m1/s1. The summed E-state index contributed by atoms with van der Waals surface area (Å²) in [5.41, 5.74) is 4.12. The van der Waals surface area contributed by atoms with Crippen molar-refractivity contribution in [2.75, 3.05) is 12.4 Å². The van der Waals surface area contributed by atoms with Gasteiger partial charge in [0, 0.05) is 28.9 Å². The number of carbonyl (C=O) groups is 1. The fraction of sp³-hybridized carbons (Fsp3) is 0.211. The van der Waals surface area contributed by atoms with Crippen molar-refractivity contribution in [1.82, 2.24) is 15.3 Å². The van der Waals surface area contributed by atoms with Crippen LogP contribution in [0.3, 0.4) is 0 Å². The molecule has 3 rings (SSSR count). The normalized spacial score (nSPS) is 11.5. The molecule has 0 aliphatic rings. The lowest BCUT2D eigenvalue weighted by molar-refractivity contribution is 0.249. The number of rotatable bonds is 7. The maximum Gasteiger partial charge on any atom is 0.319 e. The van der Waals surface area contributed by atoms with E-state index in [-0.39, 0.29) is 12.1 Å². The van der Waals surface area contributed by atoms with Gasteiger partial charge in [0.1, 0.15) is 18.1 Å². The predicted molar refractivity (Wildman–Crippen MR) is 104 cm³/mol. The molecular weight excluding hydrogens is 364 g/mol. The fourth-order valence-corrected chi connectivity index (χ4v) is 3.03. The van der Waals surface area contributed by atoms with Crippen LogP contribution in [-0.4, -0.2) is 23.1 Å². The maximum atomic E-state index is 12.3. The molecule has 0 bridgehead atoms. The molecule has 27 heavy (non-hydrogen) atoms. The van der Waals surface area contributed by atoms with Crippen molar-refractivity contribution in [1.29, 1.82) is 0 Å². The summed E-state index contributed by atoms with van der Waals surface area (Å²) in [5.74, 6) is 1.28. The predicted octanol–water partition coefficient (Wildman–Crippen LogP) is 4.01. The first-order valence-electron chi connectivity index (χ1n) is 8.31. The summed E-state index contributed by atoms with van der Waals surface area (Å²) in [4.78, 5) is 20.5. The van der Waals surface area contributed by atoms with Crippen LogP contribution in [-0.2, 0) is 6.61 Å². The van der Waals surface area contributed by atoms with Gasteiger partial charge in [0.05, 0.1) is 30.6 Å². The van der Waals surface area contributed by atoms with E-state index in [0.717, 1.165) is 11.3 Å². The van der Waals surface area contributed by atoms with Crippen LogP contribution in [0.15, 0.2) is 53.6 Å². The minimum atomic E-state index is -0.321. The highest BCUT2D eigenvalue weighted by molar-refractivity contribution is 7.07. The smallest absolute Gasteiger partial charge is 0.319 e. The minimum absolute atomic E-state index is 0.243. The van der Waals surface area contributed by atoms with Gasteiger partial charge in [-0.3, -0.25) is 4.98 Å². The van der Waals surface area contributed by atoms with Crippen molar-refractivity contribution in [3.8, 4) is 11.5 Å². The number of nitrogens with one attached hydrogen (secondary N) is 2. The summed E-state index contributed by atoms with van der Waals surface area (Å²) in [7, 11) is 1.57. The SMILES string of the molecule is COc1cnccc1[C@@H](C)NC(=O)Nc1cccc(OCc2cscn2)c1. The fourth-order valence-electron chi connectivity index (χ4n) is 2.49. The van der Waals surface area contributed by atoms with Crippen LogP contribution in [0.5, 0.6) is 11.5 Å². The van der Waals surface area contributed by atoms with Gasteiger partial charge in [-0.1, -0.05) is 6.07 Å². The van der Waals surface area contributed by atoms with Gasteiger partial charge in [-0.05, 0) is 25.1 Å². The van der Waals surface area contributed by atoms with Crippen LogP contribution in [0.25, 0.3) is 0 Å². The molecule has 0 unspecified atom stereocenters. The molecule has 2 N–H and O–H groups in total. The third kappa shape index (κ3) is 5.18. The first kappa shape index (κ1) is 18.7. The first-order valence-corrected chi connectivity index (χ1v) is 9.25. The molecule has 2 heterocycles. The molecule has 2 amide bonds. The molecular formula is C19H20N4O3S. The van der Waals surface area contributed by atoms with Crippen LogP contribution in [0, 0.1) is 0 Å². The van der Waals surface area contributed by atoms with Gasteiger partial charge in [0.2, 0.25) is 0 Å². The Kier molecular flexibility index (Phi) is 6.22. The lowest BCUT2D eigenvalue weighted by Crippen LogP contribution is -2.31. The molecule has 1 aromatic carbocycles. The molecule has 0 saturated heterocycles. The first-order chi connectivity index (χ1) is 13.2. The average Bonchev–Trinajstić information content (AvgIpc) is 3.20. The van der Waals surface area contributed by atoms with Gasteiger partial charge in [-0.2, -0.15) is 0 Å². The zero-order valence-electron chi connectivity index (χ0n) is 15.0. The number of urea groups is 1. The summed E-state index contributed by atoms with van der Waals surface area (Å²) < 4.78 is 11.0. The quantitative estimate of drug-likeness (QED) is 0.643. The van der Waals surface area contributed by atoms with Gasteiger partial charge in [0.25, 0.3) is 0 Å². The number of ether oxygens (including phenoxy) is 2. The topological polar surface area (TPSA) is 85.4 Å². The number of amides is 2. The van der Waals surface area contributed by atoms with Crippen molar-refractivity contribution < 1.29 is 14.3 Å². The summed E-state index contributed by atoms with van der Waals surface area (Å²) in [6.07, 6.45) is 3.28. The van der Waals surface area contributed by atoms with Crippen LogP contribution in [0.4, 0.5) is 10.5 Å². The second kappa shape index (κ2) is 9.00. The zero-order valence-corrected chi connectivity index (χ0v) is 15.8. The van der Waals surface area contributed by atoms with Crippen molar-refractivity contribution in [2.24, 2.45) is 0 Å². The Labute approximate surface area is 161 Å². The van der Waals surface area contributed by atoms with Crippen molar-refractivity contribution in [2.45, 2.75) is 19.6 Å². The van der Waals surface area contributed by atoms with E-state index in [1.165, 1.54) is 11.3 Å². The molecule has 0 spiro atoms. The summed E-state index contributed by atoms with van der Waals surface area (Å²) in [6.45, 7) is 2.27. The number of benzene rings is 1. The Balaban J connectivity index is 1.58. The number of pyridine rings is 1. The summed E-state index contributed by atoms with van der Waals surface area (Å²) in [6, 6.07) is 8.47. The molecule has 7 nitrogen and oxygen atoms in total. The summed E-state index contributed by atoms with van der Waals surface area (Å²) in [5, 5.41) is 7.63. The third-order valence-electron chi connectivity index (χ3n) is 3.81. The Hall–Kier alpha value is -3.13. The van der Waals surface area contributed by atoms with Crippen LogP contribution < -0.4 is 20.1 Å². The molecule has 1 atom stereocenters. The summed E-state index contributed by atoms with van der Waals surface area (Å²) >= 11 is 1.52.